The first-order chi connectivity index (χ1) is 11.1. The molecule has 1 nitrogen and oxygen atoms in total. The lowest BCUT2D eigenvalue weighted by Crippen LogP contribution is -2.39. The molecule has 1 rings (SSSR count). The van der Waals surface area contributed by atoms with E-state index in [-0.39, 0.29) is 22.4 Å². The highest BCUT2D eigenvalue weighted by Crippen LogP contribution is 2.39. The van der Waals surface area contributed by atoms with Gasteiger partial charge in [-0.05, 0) is 37.1 Å². The van der Waals surface area contributed by atoms with Crippen LogP contribution in [0, 0.1) is 6.92 Å². The van der Waals surface area contributed by atoms with Crippen molar-refractivity contribution in [2.45, 2.75) is 50.2 Å². The van der Waals surface area contributed by atoms with Gasteiger partial charge in [0.25, 0.3) is 0 Å². The molecule has 0 amide bonds. The second kappa shape index (κ2) is 7.73. The molecule has 0 fully saturated rings. The molecule has 10 heteroatoms. The largest absolute Gasteiger partial charge is 0.428 e. The first kappa shape index (κ1) is 22.1. The summed E-state index contributed by atoms with van der Waals surface area (Å²) in [6.07, 6.45) is -4.58. The lowest BCUT2D eigenvalue weighted by atomic mass is 10.1. The van der Waals surface area contributed by atoms with Crippen molar-refractivity contribution in [3.05, 3.63) is 28.3 Å². The Hall–Kier alpha value is -0.960. The summed E-state index contributed by atoms with van der Waals surface area (Å²) < 4.78 is 89.8. The topological polar surface area (TPSA) is 12.4 Å². The predicted octanol–water partition coefficient (Wildman–Crippen LogP) is 6.55. The molecule has 1 aromatic rings. The third kappa shape index (κ3) is 6.06. The summed E-state index contributed by atoms with van der Waals surface area (Å²) in [6, 6.07) is 2.67. The van der Waals surface area contributed by atoms with Gasteiger partial charge in [-0.2, -0.15) is 22.0 Å². The lowest BCUT2D eigenvalue weighted by Gasteiger charge is -2.23. The number of halogens is 8. The fourth-order valence-electron chi connectivity index (χ4n) is 1.56. The molecule has 142 valence electrons. The van der Waals surface area contributed by atoms with E-state index in [2.05, 4.69) is 4.99 Å². The average molecular weight is 410 g/mol. The molecular weight excluding hydrogens is 395 g/mol. The van der Waals surface area contributed by atoms with Crippen molar-refractivity contribution in [1.82, 2.24) is 0 Å². The molecule has 0 aromatic heterocycles. The molecular formula is C15H15ClF7NS. The molecule has 0 aliphatic carbocycles. The van der Waals surface area contributed by atoms with Crippen molar-refractivity contribution in [3.63, 3.8) is 0 Å². The Morgan fingerprint density at radius 3 is 2.16 bits per heavy atom. The minimum atomic E-state index is -4.58. The van der Waals surface area contributed by atoms with E-state index in [4.69, 9.17) is 11.6 Å². The predicted molar refractivity (Wildman–Crippen MR) is 85.3 cm³/mol. The molecule has 0 atom stereocenters. The Balaban J connectivity index is 3.01. The molecule has 0 aliphatic heterocycles. The number of alkyl halides is 7. The van der Waals surface area contributed by atoms with Crippen LogP contribution in [-0.2, 0) is 6.54 Å². The molecule has 0 saturated heterocycles. The van der Waals surface area contributed by atoms with E-state index in [9.17, 15) is 30.7 Å². The maximum atomic E-state index is 13.4. The Morgan fingerprint density at radius 1 is 1.12 bits per heavy atom. The van der Waals surface area contributed by atoms with Crippen molar-refractivity contribution in [3.8, 4) is 0 Å². The number of aliphatic imine (C=N–C) groups is 1. The van der Waals surface area contributed by atoms with Crippen LogP contribution in [0.4, 0.5) is 30.7 Å². The Kier molecular flexibility index (Phi) is 6.83. The van der Waals surface area contributed by atoms with Crippen molar-refractivity contribution in [1.29, 1.82) is 0 Å². The van der Waals surface area contributed by atoms with E-state index >= 15 is 0 Å². The van der Waals surface area contributed by atoms with Gasteiger partial charge in [0.05, 0.1) is 12.3 Å². The lowest BCUT2D eigenvalue weighted by molar-refractivity contribution is -0.182. The number of hydrogen-bond donors (Lipinski definition) is 0. The van der Waals surface area contributed by atoms with Crippen LogP contribution in [0.25, 0.3) is 0 Å². The highest BCUT2D eigenvalue weighted by molar-refractivity contribution is 7.99. The Labute approximate surface area is 149 Å². The number of thioether (sulfide) groups is 1. The first-order valence-electron chi connectivity index (χ1n) is 6.91. The minimum Gasteiger partial charge on any atom is -0.280 e. The van der Waals surface area contributed by atoms with Gasteiger partial charge in [-0.25, -0.2) is 8.78 Å². The Bertz CT molecular complexity index is 651. The van der Waals surface area contributed by atoms with Gasteiger partial charge in [-0.15, -0.1) is 11.8 Å². The van der Waals surface area contributed by atoms with Crippen LogP contribution in [0.1, 0.15) is 25.0 Å². The molecule has 0 N–H and O–H groups in total. The summed E-state index contributed by atoms with van der Waals surface area (Å²) in [5.41, 5.74) is -0.425. The molecule has 0 radical (unpaired) electrons. The fourth-order valence-corrected chi connectivity index (χ4v) is 2.94. The minimum absolute atomic E-state index is 0.119. The van der Waals surface area contributed by atoms with Crippen LogP contribution < -0.4 is 0 Å². The quantitative estimate of drug-likeness (QED) is 0.294. The highest BCUT2D eigenvalue weighted by Gasteiger charge is 2.51. The molecule has 0 aliphatic rings. The summed E-state index contributed by atoms with van der Waals surface area (Å²) in [5, 5.41) is 0.119. The number of aryl methyl sites for hydroxylation is 1. The normalized spacial score (nSPS) is 14.1. The first-order valence-corrected chi connectivity index (χ1v) is 8.27. The van der Waals surface area contributed by atoms with Gasteiger partial charge in [0.2, 0.25) is 0 Å². The molecule has 0 spiro atoms. The standard InChI is InChI=1S/C15H15ClF7NS/c1-8-4-11(16)10(6-24-9(2)15(21,22)23)5-12(8)25-7-14(19,20)13(3,17)18/h4-5H,6-7H2,1-3H3. The Morgan fingerprint density at radius 2 is 1.68 bits per heavy atom. The third-order valence-corrected chi connectivity index (χ3v) is 4.90. The van der Waals surface area contributed by atoms with Crippen LogP contribution in [0.5, 0.6) is 0 Å². The second-order valence-electron chi connectivity index (χ2n) is 5.49. The molecule has 0 saturated carbocycles. The van der Waals surface area contributed by atoms with E-state index in [1.54, 1.807) is 0 Å². The summed E-state index contributed by atoms with van der Waals surface area (Å²) in [7, 11) is 0. The van der Waals surface area contributed by atoms with Crippen molar-refractivity contribution >= 4 is 29.1 Å². The van der Waals surface area contributed by atoms with Gasteiger partial charge in [-0.3, -0.25) is 4.99 Å². The van der Waals surface area contributed by atoms with E-state index in [1.807, 2.05) is 0 Å². The number of nitrogens with zero attached hydrogens (tertiary/aromatic N) is 1. The number of benzene rings is 1. The average Bonchev–Trinajstić information content (AvgIpc) is 2.42. The zero-order chi connectivity index (χ0) is 19.6. The fraction of sp³-hybridized carbons (Fsp3) is 0.533. The molecule has 25 heavy (non-hydrogen) atoms. The van der Waals surface area contributed by atoms with Gasteiger partial charge in [0.15, 0.2) is 0 Å². The smallest absolute Gasteiger partial charge is 0.280 e. The maximum absolute atomic E-state index is 13.4. The van der Waals surface area contributed by atoms with Gasteiger partial charge >= 0.3 is 18.0 Å². The van der Waals surface area contributed by atoms with Gasteiger partial charge in [-0.1, -0.05) is 11.6 Å². The zero-order valence-electron chi connectivity index (χ0n) is 13.4. The highest BCUT2D eigenvalue weighted by atomic mass is 35.5. The number of hydrogen-bond acceptors (Lipinski definition) is 2. The van der Waals surface area contributed by atoms with Crippen molar-refractivity contribution in [2.24, 2.45) is 4.99 Å². The van der Waals surface area contributed by atoms with Crippen molar-refractivity contribution < 1.29 is 30.7 Å². The SMILES string of the molecule is CC(=NCc1cc(SCC(F)(F)C(C)(F)F)c(C)cc1Cl)C(F)(F)F. The summed E-state index contributed by atoms with van der Waals surface area (Å²) in [4.78, 5) is 3.60. The van der Waals surface area contributed by atoms with E-state index < -0.39 is 36.0 Å². The van der Waals surface area contributed by atoms with Crippen molar-refractivity contribution in [2.75, 3.05) is 5.75 Å². The van der Waals surface area contributed by atoms with Crippen LogP contribution in [0.2, 0.25) is 5.02 Å². The zero-order valence-corrected chi connectivity index (χ0v) is 15.0. The van der Waals surface area contributed by atoms with E-state index in [1.165, 1.54) is 19.1 Å². The number of rotatable bonds is 6. The van der Waals surface area contributed by atoms with Gasteiger partial charge < -0.3 is 0 Å². The molecule has 0 bridgehead atoms. The van der Waals surface area contributed by atoms with Gasteiger partial charge in [0.1, 0.15) is 5.71 Å². The van der Waals surface area contributed by atoms with E-state index in [0.29, 0.717) is 17.3 Å². The monoisotopic (exact) mass is 409 g/mol. The second-order valence-corrected chi connectivity index (χ2v) is 6.91. The third-order valence-electron chi connectivity index (χ3n) is 3.29. The summed E-state index contributed by atoms with van der Waals surface area (Å²) in [6.45, 7) is 2.05. The van der Waals surface area contributed by atoms with Crippen LogP contribution in [0.15, 0.2) is 22.0 Å². The van der Waals surface area contributed by atoms with Gasteiger partial charge in [0, 0.05) is 16.8 Å². The summed E-state index contributed by atoms with van der Waals surface area (Å²) >= 11 is 6.42. The molecule has 0 unspecified atom stereocenters. The van der Waals surface area contributed by atoms with E-state index in [0.717, 1.165) is 6.92 Å². The maximum Gasteiger partial charge on any atom is 0.428 e. The van der Waals surface area contributed by atoms with Crippen LogP contribution in [0.3, 0.4) is 0 Å². The molecule has 1 aromatic carbocycles. The molecule has 0 heterocycles. The van der Waals surface area contributed by atoms with Crippen LogP contribution in [-0.4, -0.2) is 29.5 Å². The van der Waals surface area contributed by atoms with Crippen LogP contribution >= 0.6 is 23.4 Å². The summed E-state index contributed by atoms with van der Waals surface area (Å²) in [5.74, 6) is -9.59.